The van der Waals surface area contributed by atoms with Gasteiger partial charge in [-0.3, -0.25) is 0 Å². The summed E-state index contributed by atoms with van der Waals surface area (Å²) in [6, 6.07) is 0. The maximum Gasteiger partial charge on any atom is 0.345 e. The molecule has 0 amide bonds. The van der Waals surface area contributed by atoms with Crippen LogP contribution in [-0.2, 0) is 4.74 Å². The zero-order valence-corrected chi connectivity index (χ0v) is 5.15. The Hall–Kier alpha value is -0.180. The number of hydrogen-bond acceptors (Lipinski definition) is 1. The van der Waals surface area contributed by atoms with Crippen molar-refractivity contribution < 1.29 is 13.5 Å². The van der Waals surface area contributed by atoms with Crippen LogP contribution in [-0.4, -0.2) is 13.2 Å². The summed E-state index contributed by atoms with van der Waals surface area (Å²) < 4.78 is 26.6. The average molecular weight is 136 g/mol. The highest BCUT2D eigenvalue weighted by Gasteiger charge is 2.20. The van der Waals surface area contributed by atoms with Crippen molar-refractivity contribution >= 4 is 0 Å². The summed E-state index contributed by atoms with van der Waals surface area (Å²) in [5.74, 6) is 0.684. The minimum Gasteiger partial charge on any atom is -0.323 e. The molecular weight excluding hydrogens is 126 g/mol. The van der Waals surface area contributed by atoms with E-state index in [0.29, 0.717) is 5.92 Å². The predicted molar refractivity (Wildman–Crippen MR) is 29.3 cm³/mol. The second-order valence-electron chi connectivity index (χ2n) is 2.36. The second kappa shape index (κ2) is 3.11. The van der Waals surface area contributed by atoms with Crippen molar-refractivity contribution in [3.8, 4) is 0 Å². The molecule has 1 saturated carbocycles. The highest BCUT2D eigenvalue weighted by atomic mass is 19.3. The molecule has 0 heterocycles. The largest absolute Gasteiger partial charge is 0.345 e. The molecule has 0 N–H and O–H groups in total. The Morgan fingerprint density at radius 1 is 1.44 bits per heavy atom. The second-order valence-corrected chi connectivity index (χ2v) is 2.36. The lowest BCUT2D eigenvalue weighted by Crippen LogP contribution is -2.00. The van der Waals surface area contributed by atoms with Crippen LogP contribution in [0.25, 0.3) is 0 Å². The molecule has 0 aromatic carbocycles. The quantitative estimate of drug-likeness (QED) is 0.574. The normalized spacial score (nSPS) is 19.0. The fourth-order valence-electron chi connectivity index (χ4n) is 0.730. The Labute approximate surface area is 53.0 Å². The fourth-order valence-corrected chi connectivity index (χ4v) is 0.730. The molecule has 0 aliphatic heterocycles. The van der Waals surface area contributed by atoms with Crippen molar-refractivity contribution in [2.75, 3.05) is 6.61 Å². The molecular formula is C6H10F2O. The zero-order valence-electron chi connectivity index (χ0n) is 5.15. The molecule has 54 valence electrons. The van der Waals surface area contributed by atoms with E-state index in [2.05, 4.69) is 4.74 Å². The average Bonchev–Trinajstić information content (AvgIpc) is 2.48. The van der Waals surface area contributed by atoms with Crippen molar-refractivity contribution in [3.63, 3.8) is 0 Å². The van der Waals surface area contributed by atoms with Gasteiger partial charge in [-0.25, -0.2) is 0 Å². The van der Waals surface area contributed by atoms with Crippen LogP contribution in [0.3, 0.4) is 0 Å². The van der Waals surface area contributed by atoms with Gasteiger partial charge in [0.25, 0.3) is 0 Å². The van der Waals surface area contributed by atoms with Crippen LogP contribution in [0, 0.1) is 5.92 Å². The van der Waals surface area contributed by atoms with Gasteiger partial charge < -0.3 is 4.74 Å². The van der Waals surface area contributed by atoms with E-state index in [1.165, 1.54) is 12.8 Å². The predicted octanol–water partition coefficient (Wildman–Crippen LogP) is 2.03. The Morgan fingerprint density at radius 3 is 2.56 bits per heavy atom. The van der Waals surface area contributed by atoms with Gasteiger partial charge in [0.2, 0.25) is 0 Å². The van der Waals surface area contributed by atoms with Crippen LogP contribution < -0.4 is 0 Å². The fraction of sp³-hybridized carbons (Fsp3) is 1.00. The van der Waals surface area contributed by atoms with Crippen LogP contribution in [0.5, 0.6) is 0 Å². The van der Waals surface area contributed by atoms with E-state index in [1.54, 1.807) is 0 Å². The summed E-state index contributed by atoms with van der Waals surface area (Å²) in [6.07, 6.45) is 3.21. The topological polar surface area (TPSA) is 9.23 Å². The number of rotatable bonds is 4. The van der Waals surface area contributed by atoms with Crippen LogP contribution in [0.2, 0.25) is 0 Å². The summed E-state index contributed by atoms with van der Waals surface area (Å²) in [5.41, 5.74) is 0. The van der Waals surface area contributed by atoms with Gasteiger partial charge in [0, 0.05) is 0 Å². The lowest BCUT2D eigenvalue weighted by Gasteiger charge is -1.98. The molecule has 0 atom stereocenters. The summed E-state index contributed by atoms with van der Waals surface area (Å²) in [6.45, 7) is -2.36. The summed E-state index contributed by atoms with van der Waals surface area (Å²) in [7, 11) is 0. The Morgan fingerprint density at radius 2 is 2.11 bits per heavy atom. The molecule has 0 saturated heterocycles. The zero-order chi connectivity index (χ0) is 6.69. The minimum atomic E-state index is -2.58. The van der Waals surface area contributed by atoms with Gasteiger partial charge in [-0.05, 0) is 12.3 Å². The van der Waals surface area contributed by atoms with Crippen LogP contribution in [0.1, 0.15) is 19.3 Å². The maximum atomic E-state index is 11.3. The molecule has 0 spiro atoms. The van der Waals surface area contributed by atoms with Crippen molar-refractivity contribution in [2.45, 2.75) is 25.9 Å². The maximum absolute atomic E-state index is 11.3. The molecule has 0 bridgehead atoms. The van der Waals surface area contributed by atoms with E-state index in [1.807, 2.05) is 0 Å². The first-order valence-electron chi connectivity index (χ1n) is 3.19. The van der Waals surface area contributed by atoms with Gasteiger partial charge in [-0.1, -0.05) is 12.8 Å². The molecule has 0 unspecified atom stereocenters. The Kier molecular flexibility index (Phi) is 2.39. The van der Waals surface area contributed by atoms with E-state index in [9.17, 15) is 8.78 Å². The minimum absolute atomic E-state index is 0.225. The SMILES string of the molecule is FC(F)OCCC1CC1. The highest BCUT2D eigenvalue weighted by molar-refractivity contribution is 4.72. The van der Waals surface area contributed by atoms with Gasteiger partial charge in [-0.15, -0.1) is 0 Å². The Bertz CT molecular complexity index is 79.1. The molecule has 9 heavy (non-hydrogen) atoms. The van der Waals surface area contributed by atoms with Crippen LogP contribution >= 0.6 is 0 Å². The van der Waals surface area contributed by atoms with E-state index in [4.69, 9.17) is 0 Å². The van der Waals surface area contributed by atoms with Gasteiger partial charge in [0.15, 0.2) is 0 Å². The van der Waals surface area contributed by atoms with E-state index < -0.39 is 6.61 Å². The molecule has 0 radical (unpaired) electrons. The van der Waals surface area contributed by atoms with Gasteiger partial charge in [0.05, 0.1) is 6.61 Å². The standard InChI is InChI=1S/C6H10F2O/c7-6(8)9-4-3-5-1-2-5/h5-6H,1-4H2. The Balaban J connectivity index is 1.81. The third-order valence-electron chi connectivity index (χ3n) is 1.47. The number of alkyl halides is 2. The van der Waals surface area contributed by atoms with Crippen LogP contribution in [0.15, 0.2) is 0 Å². The first-order chi connectivity index (χ1) is 4.29. The first kappa shape index (κ1) is 6.93. The molecule has 0 aromatic heterocycles. The lowest BCUT2D eigenvalue weighted by atomic mass is 10.3. The molecule has 1 aliphatic rings. The number of ether oxygens (including phenoxy) is 1. The third-order valence-corrected chi connectivity index (χ3v) is 1.47. The summed E-state index contributed by atoms with van der Waals surface area (Å²) in [4.78, 5) is 0. The number of halogens is 2. The molecule has 0 aromatic rings. The summed E-state index contributed by atoms with van der Waals surface area (Å²) >= 11 is 0. The van der Waals surface area contributed by atoms with Crippen molar-refractivity contribution in [1.29, 1.82) is 0 Å². The van der Waals surface area contributed by atoms with Gasteiger partial charge >= 0.3 is 6.61 Å². The molecule has 1 fully saturated rings. The van der Waals surface area contributed by atoms with E-state index >= 15 is 0 Å². The molecule has 1 aliphatic carbocycles. The monoisotopic (exact) mass is 136 g/mol. The first-order valence-corrected chi connectivity index (χ1v) is 3.19. The third kappa shape index (κ3) is 3.40. The van der Waals surface area contributed by atoms with E-state index in [0.717, 1.165) is 6.42 Å². The molecule has 1 rings (SSSR count). The van der Waals surface area contributed by atoms with Crippen molar-refractivity contribution in [1.82, 2.24) is 0 Å². The van der Waals surface area contributed by atoms with Crippen molar-refractivity contribution in [2.24, 2.45) is 5.92 Å². The number of hydrogen-bond donors (Lipinski definition) is 0. The lowest BCUT2D eigenvalue weighted by molar-refractivity contribution is -0.129. The van der Waals surface area contributed by atoms with Crippen LogP contribution in [0.4, 0.5) is 8.78 Å². The van der Waals surface area contributed by atoms with Gasteiger partial charge in [-0.2, -0.15) is 8.78 Å². The van der Waals surface area contributed by atoms with Gasteiger partial charge in [0.1, 0.15) is 0 Å². The smallest absolute Gasteiger partial charge is 0.323 e. The molecule has 1 nitrogen and oxygen atoms in total. The summed E-state index contributed by atoms with van der Waals surface area (Å²) in [5, 5.41) is 0. The van der Waals surface area contributed by atoms with Crippen molar-refractivity contribution in [3.05, 3.63) is 0 Å². The highest BCUT2D eigenvalue weighted by Crippen LogP contribution is 2.32. The van der Waals surface area contributed by atoms with E-state index in [-0.39, 0.29) is 6.61 Å². The molecule has 3 heteroatoms.